The predicted octanol–water partition coefficient (Wildman–Crippen LogP) is 2.32. The van der Waals surface area contributed by atoms with Crippen LogP contribution in [0.15, 0.2) is 36.8 Å². The van der Waals surface area contributed by atoms with Gasteiger partial charge in [0.2, 0.25) is 5.88 Å². The van der Waals surface area contributed by atoms with Gasteiger partial charge in [-0.3, -0.25) is 4.98 Å². The number of rotatable bonds is 5. The summed E-state index contributed by atoms with van der Waals surface area (Å²) in [7, 11) is 1.55. The third-order valence-electron chi connectivity index (χ3n) is 2.83. The Morgan fingerprint density at radius 2 is 2.16 bits per heavy atom. The number of ether oxygens (including phenoxy) is 1. The summed E-state index contributed by atoms with van der Waals surface area (Å²) < 4.78 is 19.2. The Kier molecular flexibility index (Phi) is 4.41. The van der Waals surface area contributed by atoms with Crippen LogP contribution in [-0.4, -0.2) is 23.6 Å². The number of nitrogens with one attached hydrogen (secondary N) is 1. The van der Waals surface area contributed by atoms with Gasteiger partial charge in [0.15, 0.2) is 0 Å². The van der Waals surface area contributed by atoms with Crippen LogP contribution in [0.2, 0.25) is 0 Å². The van der Waals surface area contributed by atoms with Gasteiger partial charge in [0.25, 0.3) is 0 Å². The molecule has 0 aliphatic carbocycles. The van der Waals surface area contributed by atoms with E-state index in [1.54, 1.807) is 31.6 Å². The molecule has 19 heavy (non-hydrogen) atoms. The van der Waals surface area contributed by atoms with Gasteiger partial charge in [0.05, 0.1) is 19.3 Å². The van der Waals surface area contributed by atoms with E-state index in [1.807, 2.05) is 13.0 Å². The van der Waals surface area contributed by atoms with E-state index in [9.17, 15) is 4.39 Å². The van der Waals surface area contributed by atoms with Crippen LogP contribution in [0, 0.1) is 5.82 Å². The zero-order valence-electron chi connectivity index (χ0n) is 10.9. The second kappa shape index (κ2) is 6.24. The predicted molar refractivity (Wildman–Crippen MR) is 70.5 cm³/mol. The summed E-state index contributed by atoms with van der Waals surface area (Å²) in [6.07, 6.45) is 4.43. The van der Waals surface area contributed by atoms with Crippen LogP contribution < -0.4 is 10.1 Å². The molecule has 2 rings (SSSR count). The van der Waals surface area contributed by atoms with Crippen molar-refractivity contribution in [2.45, 2.75) is 13.0 Å². The van der Waals surface area contributed by atoms with E-state index in [-0.39, 0.29) is 11.9 Å². The lowest BCUT2D eigenvalue weighted by Gasteiger charge is -2.20. The number of aromatic nitrogens is 2. The van der Waals surface area contributed by atoms with E-state index in [1.165, 1.54) is 6.20 Å². The maximum Gasteiger partial charge on any atom is 0.218 e. The van der Waals surface area contributed by atoms with Crippen LogP contribution in [0.5, 0.6) is 5.88 Å². The minimum Gasteiger partial charge on any atom is -0.481 e. The molecule has 0 bridgehead atoms. The largest absolute Gasteiger partial charge is 0.481 e. The van der Waals surface area contributed by atoms with Crippen LogP contribution in [0.3, 0.4) is 0 Å². The standard InChI is InChI=1S/C14H16FN3O/c1-3-17-13(10-6-8-16-9-12(10)15)11-5-4-7-18-14(11)19-2/h4-9,13,17H,3H2,1-2H3. The molecule has 0 fully saturated rings. The topological polar surface area (TPSA) is 47.0 Å². The monoisotopic (exact) mass is 261 g/mol. The van der Waals surface area contributed by atoms with E-state index in [4.69, 9.17) is 4.74 Å². The summed E-state index contributed by atoms with van der Waals surface area (Å²) in [5.74, 6) is 0.143. The van der Waals surface area contributed by atoms with Gasteiger partial charge in [0.1, 0.15) is 5.82 Å². The minimum atomic E-state index is -0.348. The second-order valence-electron chi connectivity index (χ2n) is 3.99. The van der Waals surface area contributed by atoms with Gasteiger partial charge in [-0.25, -0.2) is 9.37 Å². The van der Waals surface area contributed by atoms with Crippen LogP contribution in [0.4, 0.5) is 4.39 Å². The van der Waals surface area contributed by atoms with E-state index >= 15 is 0 Å². The molecule has 0 aromatic carbocycles. The van der Waals surface area contributed by atoms with Crippen molar-refractivity contribution in [3.8, 4) is 5.88 Å². The molecule has 0 aliphatic rings. The Labute approximate surface area is 111 Å². The number of methoxy groups -OCH3 is 1. The summed E-state index contributed by atoms with van der Waals surface area (Å²) in [4.78, 5) is 7.93. The first-order valence-electron chi connectivity index (χ1n) is 6.09. The Morgan fingerprint density at radius 1 is 1.32 bits per heavy atom. The van der Waals surface area contributed by atoms with Gasteiger partial charge < -0.3 is 10.1 Å². The molecule has 1 atom stereocenters. The number of hydrogen-bond donors (Lipinski definition) is 1. The molecule has 0 spiro atoms. The zero-order chi connectivity index (χ0) is 13.7. The summed E-state index contributed by atoms with van der Waals surface area (Å²) in [5.41, 5.74) is 1.33. The summed E-state index contributed by atoms with van der Waals surface area (Å²) in [6, 6.07) is 5.03. The minimum absolute atomic E-state index is 0.309. The molecule has 2 heterocycles. The molecule has 0 amide bonds. The highest BCUT2D eigenvalue weighted by Gasteiger charge is 2.20. The molecule has 100 valence electrons. The first kappa shape index (κ1) is 13.4. The van der Waals surface area contributed by atoms with Gasteiger partial charge in [-0.2, -0.15) is 0 Å². The van der Waals surface area contributed by atoms with Gasteiger partial charge >= 0.3 is 0 Å². The Bertz CT molecular complexity index is 548. The summed E-state index contributed by atoms with van der Waals surface area (Å²) >= 11 is 0. The highest BCUT2D eigenvalue weighted by Crippen LogP contribution is 2.29. The molecule has 5 heteroatoms. The molecule has 2 aromatic heterocycles. The normalized spacial score (nSPS) is 12.2. The fourth-order valence-electron chi connectivity index (χ4n) is 2.01. The lowest BCUT2D eigenvalue weighted by atomic mass is 10.00. The van der Waals surface area contributed by atoms with Crippen molar-refractivity contribution in [2.24, 2.45) is 0 Å². The third kappa shape index (κ3) is 2.88. The average molecular weight is 261 g/mol. The fraction of sp³-hybridized carbons (Fsp3) is 0.286. The van der Waals surface area contributed by atoms with E-state index < -0.39 is 0 Å². The first-order chi connectivity index (χ1) is 9.27. The Balaban J connectivity index is 2.49. The van der Waals surface area contributed by atoms with Gasteiger partial charge in [0, 0.05) is 23.5 Å². The van der Waals surface area contributed by atoms with Crippen molar-refractivity contribution in [1.29, 1.82) is 0 Å². The molecule has 1 N–H and O–H groups in total. The Morgan fingerprint density at radius 3 is 2.84 bits per heavy atom. The second-order valence-corrected chi connectivity index (χ2v) is 3.99. The maximum absolute atomic E-state index is 13.9. The van der Waals surface area contributed by atoms with Gasteiger partial charge in [-0.05, 0) is 18.7 Å². The van der Waals surface area contributed by atoms with Gasteiger partial charge in [-0.15, -0.1) is 0 Å². The molecular weight excluding hydrogens is 245 g/mol. The number of hydrogen-bond acceptors (Lipinski definition) is 4. The van der Waals surface area contributed by atoms with Crippen molar-refractivity contribution >= 4 is 0 Å². The lowest BCUT2D eigenvalue weighted by Crippen LogP contribution is -2.23. The lowest BCUT2D eigenvalue weighted by molar-refractivity contribution is 0.386. The van der Waals surface area contributed by atoms with Crippen LogP contribution >= 0.6 is 0 Å². The molecule has 1 unspecified atom stereocenters. The molecule has 0 aliphatic heterocycles. The van der Waals surface area contributed by atoms with Crippen LogP contribution in [0.1, 0.15) is 24.1 Å². The molecule has 2 aromatic rings. The summed E-state index contributed by atoms with van der Waals surface area (Å²) in [6.45, 7) is 2.67. The van der Waals surface area contributed by atoms with Crippen molar-refractivity contribution in [1.82, 2.24) is 15.3 Å². The number of nitrogens with zero attached hydrogens (tertiary/aromatic N) is 2. The number of halogens is 1. The van der Waals surface area contributed by atoms with E-state index in [0.29, 0.717) is 18.0 Å². The van der Waals surface area contributed by atoms with Crippen molar-refractivity contribution in [2.75, 3.05) is 13.7 Å². The molecule has 0 saturated heterocycles. The average Bonchev–Trinajstić information content (AvgIpc) is 2.46. The smallest absolute Gasteiger partial charge is 0.218 e. The molecule has 4 nitrogen and oxygen atoms in total. The summed E-state index contributed by atoms with van der Waals surface area (Å²) in [5, 5.41) is 3.24. The van der Waals surface area contributed by atoms with E-state index in [0.717, 1.165) is 5.56 Å². The third-order valence-corrected chi connectivity index (χ3v) is 2.83. The molecule has 0 saturated carbocycles. The quantitative estimate of drug-likeness (QED) is 0.897. The molecular formula is C14H16FN3O. The highest BCUT2D eigenvalue weighted by molar-refractivity contribution is 5.37. The SMILES string of the molecule is CCNC(c1ccncc1F)c1cccnc1OC. The maximum atomic E-state index is 13.9. The Hall–Kier alpha value is -2.01. The van der Waals surface area contributed by atoms with Crippen molar-refractivity contribution in [3.05, 3.63) is 53.7 Å². The van der Waals surface area contributed by atoms with Crippen LogP contribution in [-0.2, 0) is 0 Å². The van der Waals surface area contributed by atoms with Crippen LogP contribution in [0.25, 0.3) is 0 Å². The number of pyridine rings is 2. The van der Waals surface area contributed by atoms with Crippen molar-refractivity contribution < 1.29 is 9.13 Å². The zero-order valence-corrected chi connectivity index (χ0v) is 10.9. The van der Waals surface area contributed by atoms with Crippen molar-refractivity contribution in [3.63, 3.8) is 0 Å². The fourth-order valence-corrected chi connectivity index (χ4v) is 2.01. The van der Waals surface area contributed by atoms with E-state index in [2.05, 4.69) is 15.3 Å². The van der Waals surface area contributed by atoms with Gasteiger partial charge in [-0.1, -0.05) is 13.0 Å². The highest BCUT2D eigenvalue weighted by atomic mass is 19.1. The molecule has 0 radical (unpaired) electrons. The first-order valence-corrected chi connectivity index (χ1v) is 6.09.